The lowest BCUT2D eigenvalue weighted by molar-refractivity contribution is -0.117. The van der Waals surface area contributed by atoms with Crippen LogP contribution in [0.15, 0.2) is 76.6 Å². The Morgan fingerprint density at radius 3 is 2.63 bits per heavy atom. The summed E-state index contributed by atoms with van der Waals surface area (Å²) in [4.78, 5) is 32.8. The van der Waals surface area contributed by atoms with E-state index in [0.717, 1.165) is 10.3 Å². The van der Waals surface area contributed by atoms with E-state index in [0.29, 0.717) is 34.5 Å². The molecule has 1 atom stereocenters. The van der Waals surface area contributed by atoms with E-state index in [2.05, 4.69) is 18.8 Å². The van der Waals surface area contributed by atoms with Crippen molar-refractivity contribution < 1.29 is 23.8 Å². The van der Waals surface area contributed by atoms with Crippen LogP contribution in [0.5, 0.6) is 5.75 Å². The Morgan fingerprint density at radius 2 is 1.97 bits per heavy atom. The molecule has 0 aliphatic carbocycles. The van der Waals surface area contributed by atoms with E-state index in [1.165, 1.54) is 28.6 Å². The number of carbonyl (C=O) groups excluding carboxylic acids is 2. The Labute approximate surface area is 206 Å². The molecular weight excluding hydrogens is 464 g/mol. The van der Waals surface area contributed by atoms with Gasteiger partial charge in [0.2, 0.25) is 5.78 Å². The van der Waals surface area contributed by atoms with Gasteiger partial charge in [-0.1, -0.05) is 49.4 Å². The number of ether oxygens (including phenoxy) is 1. The number of amides is 1. The molecule has 7 nitrogen and oxygen atoms in total. The first-order valence-corrected chi connectivity index (χ1v) is 12.2. The van der Waals surface area contributed by atoms with E-state index in [1.807, 2.05) is 49.4 Å². The third kappa shape index (κ3) is 4.00. The minimum Gasteiger partial charge on any atom is -0.503 e. The third-order valence-corrected chi connectivity index (χ3v) is 7.00. The fraction of sp³-hybridized carbons (Fsp3) is 0.222. The summed E-state index contributed by atoms with van der Waals surface area (Å²) in [6.07, 6.45) is 1.38. The van der Waals surface area contributed by atoms with E-state index < -0.39 is 23.5 Å². The molecule has 0 saturated heterocycles. The zero-order valence-electron chi connectivity index (χ0n) is 19.5. The summed E-state index contributed by atoms with van der Waals surface area (Å²) in [5.74, 6) is -0.738. The second kappa shape index (κ2) is 9.03. The van der Waals surface area contributed by atoms with Crippen LogP contribution in [0.4, 0.5) is 5.13 Å². The number of thiazole rings is 1. The largest absolute Gasteiger partial charge is 0.503 e. The van der Waals surface area contributed by atoms with Crippen LogP contribution in [0.3, 0.4) is 0 Å². The summed E-state index contributed by atoms with van der Waals surface area (Å²) in [6, 6.07) is 15.5. The normalized spacial score (nSPS) is 16.1. The van der Waals surface area contributed by atoms with Gasteiger partial charge in [-0.15, -0.1) is 0 Å². The maximum atomic E-state index is 13.4. The van der Waals surface area contributed by atoms with Crippen molar-refractivity contribution in [3.63, 3.8) is 0 Å². The summed E-state index contributed by atoms with van der Waals surface area (Å²) in [7, 11) is 0. The number of nitrogens with zero attached hydrogens (tertiary/aromatic N) is 2. The van der Waals surface area contributed by atoms with Gasteiger partial charge in [0.1, 0.15) is 5.75 Å². The van der Waals surface area contributed by atoms with E-state index in [-0.39, 0.29) is 11.3 Å². The smallest absolute Gasteiger partial charge is 0.296 e. The molecule has 178 valence electrons. The van der Waals surface area contributed by atoms with Crippen LogP contribution in [0.25, 0.3) is 10.2 Å². The van der Waals surface area contributed by atoms with Crippen LogP contribution in [0, 0.1) is 0 Å². The van der Waals surface area contributed by atoms with Crippen molar-refractivity contribution in [1.29, 1.82) is 0 Å². The molecule has 0 bridgehead atoms. The Hall–Kier alpha value is -3.91. The van der Waals surface area contributed by atoms with Gasteiger partial charge < -0.3 is 14.3 Å². The van der Waals surface area contributed by atoms with Crippen molar-refractivity contribution in [3.8, 4) is 5.75 Å². The first-order chi connectivity index (χ1) is 16.9. The van der Waals surface area contributed by atoms with Crippen molar-refractivity contribution in [2.45, 2.75) is 32.7 Å². The molecule has 0 saturated carbocycles. The number of aliphatic hydroxyl groups is 1. The lowest BCUT2D eigenvalue weighted by Gasteiger charge is -2.24. The van der Waals surface area contributed by atoms with Crippen molar-refractivity contribution >= 4 is 38.4 Å². The lowest BCUT2D eigenvalue weighted by atomic mass is 9.93. The maximum absolute atomic E-state index is 13.4. The molecule has 5 rings (SSSR count). The van der Waals surface area contributed by atoms with Gasteiger partial charge in [0.05, 0.1) is 34.7 Å². The average molecular weight is 489 g/mol. The Morgan fingerprint density at radius 1 is 1.20 bits per heavy atom. The molecule has 1 aliphatic heterocycles. The number of aliphatic hydroxyl groups excluding tert-OH is 1. The van der Waals surface area contributed by atoms with Gasteiger partial charge in [-0.05, 0) is 54.3 Å². The fourth-order valence-electron chi connectivity index (χ4n) is 4.21. The molecule has 1 unspecified atom stereocenters. The standard InChI is InChI=1S/C27H24N2O5S/c1-4-33-18-11-12-19-21(14-18)35-27(28-19)29-23(17-9-7-16(8-10-17)15(2)3)22(25(31)26(29)32)24(30)20-6-5-13-34-20/h5-15,23,31H,4H2,1-3H3. The van der Waals surface area contributed by atoms with E-state index >= 15 is 0 Å². The topological polar surface area (TPSA) is 92.9 Å². The molecule has 0 fully saturated rings. The summed E-state index contributed by atoms with van der Waals surface area (Å²) in [5, 5.41) is 11.3. The minimum absolute atomic E-state index is 0.0310. The van der Waals surface area contributed by atoms with Crippen molar-refractivity contribution in [2.75, 3.05) is 11.5 Å². The molecule has 8 heteroatoms. The molecule has 3 heterocycles. The number of aromatic nitrogens is 1. The highest BCUT2D eigenvalue weighted by molar-refractivity contribution is 7.22. The summed E-state index contributed by atoms with van der Waals surface area (Å²) >= 11 is 1.30. The molecule has 1 N–H and O–H groups in total. The number of hydrogen-bond acceptors (Lipinski definition) is 7. The molecule has 0 spiro atoms. The van der Waals surface area contributed by atoms with Crippen molar-refractivity contribution in [2.24, 2.45) is 0 Å². The molecule has 2 aromatic heterocycles. The zero-order valence-corrected chi connectivity index (χ0v) is 20.3. The van der Waals surface area contributed by atoms with Crippen molar-refractivity contribution in [1.82, 2.24) is 4.98 Å². The quantitative estimate of drug-likeness (QED) is 0.312. The van der Waals surface area contributed by atoms with Crippen LogP contribution in [-0.2, 0) is 4.79 Å². The van der Waals surface area contributed by atoms with Gasteiger partial charge in [0.25, 0.3) is 5.91 Å². The molecular formula is C27H24N2O5S. The van der Waals surface area contributed by atoms with Gasteiger partial charge in [0.15, 0.2) is 16.7 Å². The predicted molar refractivity (Wildman–Crippen MR) is 134 cm³/mol. The predicted octanol–water partition coefficient (Wildman–Crippen LogP) is 6.19. The number of Topliss-reactive ketones (excluding diaryl/α,β-unsaturated/α-hetero) is 1. The van der Waals surface area contributed by atoms with E-state index in [4.69, 9.17) is 9.15 Å². The maximum Gasteiger partial charge on any atom is 0.296 e. The highest BCUT2D eigenvalue weighted by atomic mass is 32.1. The summed E-state index contributed by atoms with van der Waals surface area (Å²) in [5.41, 5.74) is 2.48. The molecule has 1 amide bonds. The summed E-state index contributed by atoms with van der Waals surface area (Å²) in [6.45, 7) is 6.63. The number of furan rings is 1. The first-order valence-electron chi connectivity index (χ1n) is 11.4. The van der Waals surface area contributed by atoms with Crippen LogP contribution in [-0.4, -0.2) is 28.4 Å². The number of hydrogen-bond donors (Lipinski definition) is 1. The van der Waals surface area contributed by atoms with Gasteiger partial charge in [-0.25, -0.2) is 4.98 Å². The van der Waals surface area contributed by atoms with Crippen LogP contribution >= 0.6 is 11.3 Å². The summed E-state index contributed by atoms with van der Waals surface area (Å²) < 4.78 is 11.7. The van der Waals surface area contributed by atoms with Crippen molar-refractivity contribution in [3.05, 3.63) is 89.1 Å². The van der Waals surface area contributed by atoms with Gasteiger partial charge in [-0.2, -0.15) is 0 Å². The number of anilines is 1. The Balaban J connectivity index is 1.64. The minimum atomic E-state index is -0.853. The molecule has 0 radical (unpaired) electrons. The zero-order chi connectivity index (χ0) is 24.7. The average Bonchev–Trinajstić information content (AvgIpc) is 3.58. The van der Waals surface area contributed by atoms with E-state index in [1.54, 1.807) is 6.07 Å². The second-order valence-electron chi connectivity index (χ2n) is 8.53. The highest BCUT2D eigenvalue weighted by Crippen LogP contribution is 2.44. The van der Waals surface area contributed by atoms with Gasteiger partial charge >= 0.3 is 0 Å². The van der Waals surface area contributed by atoms with Crippen LogP contribution < -0.4 is 9.64 Å². The third-order valence-electron chi connectivity index (χ3n) is 5.98. The number of ketones is 1. The number of carbonyl (C=O) groups is 2. The lowest BCUT2D eigenvalue weighted by Crippen LogP contribution is -2.31. The van der Waals surface area contributed by atoms with Gasteiger partial charge in [0, 0.05) is 0 Å². The second-order valence-corrected chi connectivity index (χ2v) is 9.54. The van der Waals surface area contributed by atoms with Crippen LogP contribution in [0.2, 0.25) is 0 Å². The highest BCUT2D eigenvalue weighted by Gasteiger charge is 2.46. The Kier molecular flexibility index (Phi) is 5.90. The SMILES string of the molecule is CCOc1ccc2nc(N3C(=O)C(O)=C(C(=O)c4ccco4)C3c3ccc(C(C)C)cc3)sc2c1. The molecule has 4 aromatic rings. The molecule has 1 aliphatic rings. The number of rotatable bonds is 7. The van der Waals surface area contributed by atoms with Crippen LogP contribution in [0.1, 0.15) is 54.4 Å². The first kappa shape index (κ1) is 22.9. The molecule has 2 aromatic carbocycles. The van der Waals surface area contributed by atoms with Gasteiger partial charge in [-0.3, -0.25) is 14.5 Å². The molecule has 35 heavy (non-hydrogen) atoms. The fourth-order valence-corrected chi connectivity index (χ4v) is 5.23. The Bertz CT molecular complexity index is 1430. The number of benzene rings is 2. The number of fused-ring (bicyclic) bond motifs is 1. The monoisotopic (exact) mass is 488 g/mol. The van der Waals surface area contributed by atoms with E-state index in [9.17, 15) is 14.7 Å².